The predicted molar refractivity (Wildman–Crippen MR) is 101 cm³/mol. The molecule has 1 unspecified atom stereocenters. The summed E-state index contributed by atoms with van der Waals surface area (Å²) < 4.78 is 12.2. The Labute approximate surface area is 155 Å². The molecule has 0 saturated heterocycles. The monoisotopic (exact) mass is 369 g/mol. The molecule has 26 heavy (non-hydrogen) atoms. The highest BCUT2D eigenvalue weighted by atomic mass is 32.1. The molecule has 0 fully saturated rings. The van der Waals surface area contributed by atoms with Gasteiger partial charge < -0.3 is 19.9 Å². The molecule has 0 saturated carbocycles. The molecule has 0 bridgehead atoms. The molecular weight excluding hydrogens is 350 g/mol. The van der Waals surface area contributed by atoms with Crippen molar-refractivity contribution in [1.82, 2.24) is 5.32 Å². The van der Waals surface area contributed by atoms with Crippen molar-refractivity contribution in [2.24, 2.45) is 0 Å². The van der Waals surface area contributed by atoms with Crippen LogP contribution in [0.4, 0.5) is 0 Å². The van der Waals surface area contributed by atoms with Crippen molar-refractivity contribution in [2.75, 3.05) is 19.8 Å². The van der Waals surface area contributed by atoms with Gasteiger partial charge in [0, 0.05) is 9.58 Å². The van der Waals surface area contributed by atoms with Crippen LogP contribution in [0.5, 0.6) is 11.5 Å². The molecule has 5 nitrogen and oxygen atoms in total. The molecule has 0 aliphatic carbocycles. The van der Waals surface area contributed by atoms with Crippen molar-refractivity contribution < 1.29 is 19.4 Å². The van der Waals surface area contributed by atoms with Crippen molar-refractivity contribution in [2.45, 2.75) is 12.5 Å². The van der Waals surface area contributed by atoms with Gasteiger partial charge >= 0.3 is 0 Å². The van der Waals surface area contributed by atoms with E-state index in [4.69, 9.17) is 9.47 Å². The van der Waals surface area contributed by atoms with E-state index in [0.717, 1.165) is 15.0 Å². The van der Waals surface area contributed by atoms with Gasteiger partial charge in [-0.1, -0.05) is 24.3 Å². The topological polar surface area (TPSA) is 67.8 Å². The van der Waals surface area contributed by atoms with Crippen LogP contribution in [0.25, 0.3) is 10.1 Å². The van der Waals surface area contributed by atoms with E-state index in [-0.39, 0.29) is 12.5 Å². The maximum Gasteiger partial charge on any atom is 0.255 e. The van der Waals surface area contributed by atoms with Gasteiger partial charge in [0.1, 0.15) is 18.8 Å². The highest BCUT2D eigenvalue weighted by Crippen LogP contribution is 2.35. The van der Waals surface area contributed by atoms with Crippen LogP contribution in [0.2, 0.25) is 0 Å². The number of amides is 1. The first-order valence-corrected chi connectivity index (χ1v) is 9.24. The predicted octanol–water partition coefficient (Wildman–Crippen LogP) is 3.31. The van der Waals surface area contributed by atoms with E-state index in [0.29, 0.717) is 30.3 Å². The minimum Gasteiger partial charge on any atom is -0.486 e. The second kappa shape index (κ2) is 6.63. The first-order valence-electron chi connectivity index (χ1n) is 8.43. The van der Waals surface area contributed by atoms with E-state index < -0.39 is 5.60 Å². The highest BCUT2D eigenvalue weighted by Gasteiger charge is 2.28. The Hall–Kier alpha value is -2.57. The highest BCUT2D eigenvalue weighted by molar-refractivity contribution is 7.19. The number of ether oxygens (including phenoxy) is 2. The van der Waals surface area contributed by atoms with Crippen LogP contribution in [-0.4, -0.2) is 30.8 Å². The lowest BCUT2D eigenvalue weighted by atomic mass is 10.0. The first kappa shape index (κ1) is 16.9. The quantitative estimate of drug-likeness (QED) is 0.740. The van der Waals surface area contributed by atoms with E-state index in [2.05, 4.69) is 5.32 Å². The van der Waals surface area contributed by atoms with E-state index in [1.165, 1.54) is 11.3 Å². The maximum atomic E-state index is 12.6. The van der Waals surface area contributed by atoms with Crippen LogP contribution in [0.3, 0.4) is 0 Å². The maximum absolute atomic E-state index is 12.6. The van der Waals surface area contributed by atoms with Crippen molar-refractivity contribution in [1.29, 1.82) is 0 Å². The lowest BCUT2D eigenvalue weighted by Gasteiger charge is -2.24. The molecule has 2 N–H and O–H groups in total. The summed E-state index contributed by atoms with van der Waals surface area (Å²) in [7, 11) is 0. The second-order valence-corrected chi connectivity index (χ2v) is 7.52. The first-order chi connectivity index (χ1) is 12.5. The number of thiophene rings is 1. The van der Waals surface area contributed by atoms with Gasteiger partial charge in [-0.2, -0.15) is 0 Å². The fourth-order valence-electron chi connectivity index (χ4n) is 2.93. The number of nitrogens with one attached hydrogen (secondary N) is 1. The number of benzene rings is 2. The Morgan fingerprint density at radius 3 is 2.85 bits per heavy atom. The molecule has 1 aliphatic rings. The number of carbonyl (C=O) groups excluding carboxylic acids is 1. The lowest BCUT2D eigenvalue weighted by molar-refractivity contribution is 0.0555. The molecule has 2 aromatic carbocycles. The summed E-state index contributed by atoms with van der Waals surface area (Å²) in [6.07, 6.45) is 0. The number of aliphatic hydroxyl groups is 1. The summed E-state index contributed by atoms with van der Waals surface area (Å²) in [6, 6.07) is 15.2. The fourth-order valence-corrected chi connectivity index (χ4v) is 4.04. The molecule has 6 heteroatoms. The Morgan fingerprint density at radius 2 is 2.00 bits per heavy atom. The SMILES string of the molecule is CC(O)(CNC(=O)c1cccc2c1OCCO2)c1cc2ccccc2s1. The molecule has 3 aromatic rings. The van der Waals surface area contributed by atoms with Gasteiger partial charge in [0.15, 0.2) is 11.5 Å². The second-order valence-electron chi connectivity index (χ2n) is 6.43. The zero-order chi connectivity index (χ0) is 18.1. The van der Waals surface area contributed by atoms with Gasteiger partial charge in [0.25, 0.3) is 5.91 Å². The summed E-state index contributed by atoms with van der Waals surface area (Å²) in [5.74, 6) is 0.728. The number of hydrogen-bond donors (Lipinski definition) is 2. The summed E-state index contributed by atoms with van der Waals surface area (Å²) in [5.41, 5.74) is -0.750. The molecule has 1 amide bonds. The third-order valence-corrected chi connectivity index (χ3v) is 5.73. The number of para-hydroxylation sites is 1. The third-order valence-electron chi connectivity index (χ3n) is 4.36. The summed E-state index contributed by atoms with van der Waals surface area (Å²) in [4.78, 5) is 13.4. The van der Waals surface area contributed by atoms with E-state index in [1.807, 2.05) is 30.3 Å². The Kier molecular flexibility index (Phi) is 4.30. The average molecular weight is 369 g/mol. The van der Waals surface area contributed by atoms with Gasteiger partial charge in [-0.15, -0.1) is 11.3 Å². The Balaban J connectivity index is 1.52. The molecule has 1 atom stereocenters. The minimum absolute atomic E-state index is 0.100. The molecule has 0 spiro atoms. The smallest absolute Gasteiger partial charge is 0.255 e. The molecule has 4 rings (SSSR count). The largest absolute Gasteiger partial charge is 0.486 e. The molecule has 0 radical (unpaired) electrons. The van der Waals surface area contributed by atoms with Gasteiger partial charge in [-0.05, 0) is 36.6 Å². The normalized spacial score (nSPS) is 15.5. The van der Waals surface area contributed by atoms with E-state index in [1.54, 1.807) is 25.1 Å². The van der Waals surface area contributed by atoms with Crippen molar-refractivity contribution in [3.63, 3.8) is 0 Å². The zero-order valence-corrected chi connectivity index (χ0v) is 15.1. The van der Waals surface area contributed by atoms with Crippen LogP contribution in [0.15, 0.2) is 48.5 Å². The van der Waals surface area contributed by atoms with Crippen LogP contribution in [-0.2, 0) is 5.60 Å². The van der Waals surface area contributed by atoms with Gasteiger partial charge in [-0.3, -0.25) is 4.79 Å². The van der Waals surface area contributed by atoms with Crippen molar-refractivity contribution in [3.8, 4) is 11.5 Å². The molecule has 2 heterocycles. The van der Waals surface area contributed by atoms with Crippen LogP contribution < -0.4 is 14.8 Å². The molecular formula is C20H19NO4S. The zero-order valence-electron chi connectivity index (χ0n) is 14.3. The van der Waals surface area contributed by atoms with E-state index in [9.17, 15) is 9.90 Å². The van der Waals surface area contributed by atoms with Gasteiger partial charge in [-0.25, -0.2) is 0 Å². The average Bonchev–Trinajstić information content (AvgIpc) is 3.11. The van der Waals surface area contributed by atoms with Crippen molar-refractivity contribution in [3.05, 3.63) is 59.0 Å². The Bertz CT molecular complexity index is 930. The number of hydrogen-bond acceptors (Lipinski definition) is 5. The Morgan fingerprint density at radius 1 is 1.19 bits per heavy atom. The third kappa shape index (κ3) is 3.13. The minimum atomic E-state index is -1.16. The lowest BCUT2D eigenvalue weighted by Crippen LogP contribution is -2.38. The van der Waals surface area contributed by atoms with Gasteiger partial charge in [0.2, 0.25) is 0 Å². The number of rotatable bonds is 4. The summed E-state index contributed by atoms with van der Waals surface area (Å²) in [6.45, 7) is 2.69. The molecule has 1 aliphatic heterocycles. The number of carbonyl (C=O) groups is 1. The standard InChI is InChI=1S/C20H19NO4S/c1-20(23,17-11-13-5-2-3-8-16(13)26-17)12-21-19(22)14-6-4-7-15-18(14)25-10-9-24-15/h2-8,11,23H,9-10,12H2,1H3,(H,21,22). The van der Waals surface area contributed by atoms with E-state index >= 15 is 0 Å². The van der Waals surface area contributed by atoms with Crippen LogP contribution >= 0.6 is 11.3 Å². The molecule has 134 valence electrons. The summed E-state index contributed by atoms with van der Waals surface area (Å²) in [5, 5.41) is 14.8. The van der Waals surface area contributed by atoms with Crippen molar-refractivity contribution >= 4 is 27.3 Å². The number of fused-ring (bicyclic) bond motifs is 2. The van der Waals surface area contributed by atoms with Gasteiger partial charge in [0.05, 0.1) is 12.1 Å². The summed E-state index contributed by atoms with van der Waals surface area (Å²) >= 11 is 1.53. The van der Waals surface area contributed by atoms with Crippen LogP contribution in [0.1, 0.15) is 22.2 Å². The van der Waals surface area contributed by atoms with Crippen LogP contribution in [0, 0.1) is 0 Å². The molecule has 1 aromatic heterocycles. The fraction of sp³-hybridized carbons (Fsp3) is 0.250.